The van der Waals surface area contributed by atoms with Crippen molar-refractivity contribution in [2.45, 2.75) is 52.5 Å². The number of hydrogen-bond acceptors (Lipinski definition) is 8. The summed E-state index contributed by atoms with van der Waals surface area (Å²) in [5, 5.41) is 14.0. The molecule has 10 nitrogen and oxygen atoms in total. The lowest BCUT2D eigenvalue weighted by atomic mass is 9.88. The minimum Gasteiger partial charge on any atom is -0.497 e. The molecule has 0 saturated carbocycles. The lowest BCUT2D eigenvalue weighted by Crippen LogP contribution is -2.36. The molecule has 1 aromatic heterocycles. The molecule has 1 aliphatic heterocycles. The highest BCUT2D eigenvalue weighted by atomic mass is 16.5. The maximum atomic E-state index is 13.2. The van der Waals surface area contributed by atoms with Crippen LogP contribution < -0.4 is 24.4 Å². The number of ether oxygens (including phenoxy) is 3. The van der Waals surface area contributed by atoms with Crippen LogP contribution in [0.5, 0.6) is 17.2 Å². The van der Waals surface area contributed by atoms with Gasteiger partial charge in [-0.05, 0) is 118 Å². The van der Waals surface area contributed by atoms with Crippen LogP contribution in [0, 0.1) is 20.8 Å². The van der Waals surface area contributed by atoms with E-state index in [0.29, 0.717) is 23.7 Å². The van der Waals surface area contributed by atoms with Crippen LogP contribution >= 0.6 is 0 Å². The van der Waals surface area contributed by atoms with E-state index < -0.39 is 12.1 Å². The smallest absolute Gasteiger partial charge is 0.413 e. The Hall–Kier alpha value is -4.83. The van der Waals surface area contributed by atoms with Crippen molar-refractivity contribution < 1.29 is 24.1 Å². The van der Waals surface area contributed by atoms with Crippen molar-refractivity contribution in [1.82, 2.24) is 14.9 Å². The summed E-state index contributed by atoms with van der Waals surface area (Å²) in [5.41, 5.74) is 5.20. The molecule has 10 heteroatoms. The summed E-state index contributed by atoms with van der Waals surface area (Å²) < 4.78 is 17.3. The van der Waals surface area contributed by atoms with E-state index in [1.807, 2.05) is 51.1 Å². The zero-order chi connectivity index (χ0) is 33.3. The standard InChI is InChI=1S/C37H45N5O5/c1-25-22-26(2)34(27(3)23-25)35(31-24-30(45-4)14-15-32(31)46-5)42(37(43)44)33-16-17-38-36(40-33)39-28-10-12-29(13-11-28)47-21-9-20-41-18-7-6-8-19-41/h10-17,22-24,35H,6-9,18-21H2,1-5H3,(H,43,44)(H,38,39,40). The molecular weight excluding hydrogens is 594 g/mol. The second-order valence-electron chi connectivity index (χ2n) is 12.0. The third kappa shape index (κ3) is 8.31. The van der Waals surface area contributed by atoms with Crippen molar-refractivity contribution in [2.24, 2.45) is 0 Å². The molecular formula is C37H45N5O5. The quantitative estimate of drug-likeness (QED) is 0.142. The van der Waals surface area contributed by atoms with Gasteiger partial charge in [0, 0.05) is 24.0 Å². The summed E-state index contributed by atoms with van der Waals surface area (Å²) in [6.45, 7) is 10.1. The fourth-order valence-corrected chi connectivity index (χ4v) is 6.41. The Labute approximate surface area is 277 Å². The van der Waals surface area contributed by atoms with Crippen LogP contribution in [-0.4, -0.2) is 66.5 Å². The number of nitrogens with one attached hydrogen (secondary N) is 1. The van der Waals surface area contributed by atoms with Gasteiger partial charge in [0.1, 0.15) is 23.1 Å². The van der Waals surface area contributed by atoms with Crippen molar-refractivity contribution >= 4 is 23.5 Å². The summed E-state index contributed by atoms with van der Waals surface area (Å²) in [6, 6.07) is 17.9. The Morgan fingerprint density at radius 3 is 2.30 bits per heavy atom. The first-order valence-electron chi connectivity index (χ1n) is 16.1. The van der Waals surface area contributed by atoms with Gasteiger partial charge in [-0.2, -0.15) is 4.98 Å². The number of aromatic nitrogens is 2. The molecule has 47 heavy (non-hydrogen) atoms. The average molecular weight is 640 g/mol. The second kappa shape index (κ2) is 15.6. The molecule has 1 fully saturated rings. The molecule has 1 amide bonds. The molecule has 0 bridgehead atoms. The summed E-state index contributed by atoms with van der Waals surface area (Å²) in [7, 11) is 3.15. The Morgan fingerprint density at radius 2 is 1.64 bits per heavy atom. The molecule has 0 radical (unpaired) electrons. The van der Waals surface area contributed by atoms with Crippen LogP contribution in [0.1, 0.15) is 59.5 Å². The van der Waals surface area contributed by atoms with Gasteiger partial charge in [-0.3, -0.25) is 0 Å². The molecule has 248 valence electrons. The summed E-state index contributed by atoms with van der Waals surface area (Å²) in [6.07, 6.45) is 5.29. The monoisotopic (exact) mass is 639 g/mol. The van der Waals surface area contributed by atoms with Gasteiger partial charge in [-0.15, -0.1) is 0 Å². The van der Waals surface area contributed by atoms with Crippen LogP contribution in [0.15, 0.2) is 66.9 Å². The summed E-state index contributed by atoms with van der Waals surface area (Å²) in [4.78, 5) is 26.0. The molecule has 5 rings (SSSR count). The van der Waals surface area contributed by atoms with E-state index in [4.69, 9.17) is 14.2 Å². The molecule has 1 aliphatic rings. The van der Waals surface area contributed by atoms with E-state index >= 15 is 0 Å². The number of benzene rings is 3. The van der Waals surface area contributed by atoms with E-state index in [2.05, 4.69) is 32.3 Å². The van der Waals surface area contributed by atoms with Crippen LogP contribution in [0.3, 0.4) is 0 Å². The molecule has 1 unspecified atom stereocenters. The number of hydrogen-bond donors (Lipinski definition) is 2. The first-order valence-corrected chi connectivity index (χ1v) is 16.1. The van der Waals surface area contributed by atoms with Gasteiger partial charge in [0.05, 0.1) is 26.9 Å². The highest BCUT2D eigenvalue weighted by molar-refractivity contribution is 5.87. The number of amides is 1. The van der Waals surface area contributed by atoms with Crippen LogP contribution in [0.4, 0.5) is 22.2 Å². The predicted octanol–water partition coefficient (Wildman–Crippen LogP) is 7.69. The van der Waals surface area contributed by atoms with Crippen molar-refractivity contribution in [3.8, 4) is 17.2 Å². The highest BCUT2D eigenvalue weighted by Crippen LogP contribution is 2.42. The maximum absolute atomic E-state index is 13.2. The number of piperidine rings is 1. The van der Waals surface area contributed by atoms with Crippen molar-refractivity contribution in [2.75, 3.05) is 50.7 Å². The van der Waals surface area contributed by atoms with Crippen molar-refractivity contribution in [1.29, 1.82) is 0 Å². The molecule has 0 spiro atoms. The zero-order valence-electron chi connectivity index (χ0n) is 28.0. The Balaban J connectivity index is 1.40. The van der Waals surface area contributed by atoms with E-state index in [1.54, 1.807) is 38.6 Å². The molecule has 1 saturated heterocycles. The zero-order valence-corrected chi connectivity index (χ0v) is 28.0. The highest BCUT2D eigenvalue weighted by Gasteiger charge is 2.34. The number of rotatable bonds is 13. The van der Waals surface area contributed by atoms with Gasteiger partial charge < -0.3 is 29.5 Å². The first kappa shape index (κ1) is 33.5. The third-order valence-electron chi connectivity index (χ3n) is 8.54. The minimum atomic E-state index is -1.18. The molecule has 2 heterocycles. The normalized spacial score (nSPS) is 13.9. The lowest BCUT2D eigenvalue weighted by Gasteiger charge is -2.33. The third-order valence-corrected chi connectivity index (χ3v) is 8.54. The number of carbonyl (C=O) groups is 1. The van der Waals surface area contributed by atoms with Crippen LogP contribution in [-0.2, 0) is 0 Å². The van der Waals surface area contributed by atoms with Gasteiger partial charge in [-0.1, -0.05) is 24.1 Å². The fourth-order valence-electron chi connectivity index (χ4n) is 6.41. The van der Waals surface area contributed by atoms with Gasteiger partial charge in [0.2, 0.25) is 5.95 Å². The summed E-state index contributed by atoms with van der Waals surface area (Å²) >= 11 is 0. The molecule has 4 aromatic rings. The number of likely N-dealkylation sites (tertiary alicyclic amines) is 1. The number of nitrogens with zero attached hydrogens (tertiary/aromatic N) is 4. The minimum absolute atomic E-state index is 0.206. The van der Waals surface area contributed by atoms with E-state index in [-0.39, 0.29) is 11.8 Å². The Morgan fingerprint density at radius 1 is 0.936 bits per heavy atom. The fraction of sp³-hybridized carbons (Fsp3) is 0.378. The van der Waals surface area contributed by atoms with Crippen LogP contribution in [0.2, 0.25) is 0 Å². The first-order chi connectivity index (χ1) is 22.8. The molecule has 2 N–H and O–H groups in total. The van der Waals surface area contributed by atoms with E-state index in [1.165, 1.54) is 37.3 Å². The molecule has 0 aliphatic carbocycles. The molecule has 3 aromatic carbocycles. The van der Waals surface area contributed by atoms with E-state index in [0.717, 1.165) is 46.7 Å². The van der Waals surface area contributed by atoms with Gasteiger partial charge >= 0.3 is 6.09 Å². The molecule has 1 atom stereocenters. The number of anilines is 3. The Kier molecular flexibility index (Phi) is 11.2. The Bertz CT molecular complexity index is 1630. The SMILES string of the molecule is COc1ccc(OC)c(C(c2c(C)cc(C)cc2C)N(C(=O)O)c2ccnc(Nc3ccc(OCCCN4CCCCC4)cc3)n2)c1. The van der Waals surface area contributed by atoms with Crippen LogP contribution in [0.25, 0.3) is 0 Å². The van der Waals surface area contributed by atoms with Gasteiger partial charge in [-0.25, -0.2) is 14.7 Å². The lowest BCUT2D eigenvalue weighted by molar-refractivity contribution is 0.199. The largest absolute Gasteiger partial charge is 0.497 e. The average Bonchev–Trinajstić information content (AvgIpc) is 3.06. The van der Waals surface area contributed by atoms with Gasteiger partial charge in [0.25, 0.3) is 0 Å². The van der Waals surface area contributed by atoms with Gasteiger partial charge in [0.15, 0.2) is 0 Å². The number of aryl methyl sites for hydroxylation is 3. The summed E-state index contributed by atoms with van der Waals surface area (Å²) in [5.74, 6) is 2.37. The maximum Gasteiger partial charge on any atom is 0.413 e. The second-order valence-corrected chi connectivity index (χ2v) is 12.0. The predicted molar refractivity (Wildman–Crippen MR) is 185 cm³/mol. The number of carboxylic acid groups (broad SMARTS) is 1. The van der Waals surface area contributed by atoms with E-state index in [9.17, 15) is 9.90 Å². The topological polar surface area (TPSA) is 109 Å². The van der Waals surface area contributed by atoms with Crippen molar-refractivity contribution in [3.63, 3.8) is 0 Å². The number of methoxy groups -OCH3 is 2. The van der Waals surface area contributed by atoms with Crippen molar-refractivity contribution in [3.05, 3.63) is 94.7 Å².